The van der Waals surface area contributed by atoms with E-state index >= 15 is 0 Å². The fourth-order valence-electron chi connectivity index (χ4n) is 1.66. The summed E-state index contributed by atoms with van der Waals surface area (Å²) in [6.45, 7) is 0.0225. The lowest BCUT2D eigenvalue weighted by Crippen LogP contribution is -2.23. The molecule has 0 spiro atoms. The van der Waals surface area contributed by atoms with E-state index in [2.05, 4.69) is 5.32 Å². The summed E-state index contributed by atoms with van der Waals surface area (Å²) in [7, 11) is 0. The SMILES string of the molecule is Nc1ccc(O)c(CNC(=O)c2ccc(F)c(F)c2)c1. The zero-order valence-corrected chi connectivity index (χ0v) is 10.4. The van der Waals surface area contributed by atoms with Gasteiger partial charge in [-0.15, -0.1) is 0 Å². The molecule has 0 aliphatic heterocycles. The van der Waals surface area contributed by atoms with Crippen molar-refractivity contribution in [3.8, 4) is 5.75 Å². The number of phenols is 1. The van der Waals surface area contributed by atoms with Crippen LogP contribution in [0, 0.1) is 11.6 Å². The van der Waals surface area contributed by atoms with Crippen molar-refractivity contribution < 1.29 is 18.7 Å². The smallest absolute Gasteiger partial charge is 0.251 e. The van der Waals surface area contributed by atoms with Gasteiger partial charge in [0.15, 0.2) is 11.6 Å². The quantitative estimate of drug-likeness (QED) is 0.595. The number of halogens is 2. The summed E-state index contributed by atoms with van der Waals surface area (Å²) >= 11 is 0. The van der Waals surface area contributed by atoms with E-state index in [0.717, 1.165) is 12.1 Å². The van der Waals surface area contributed by atoms with Crippen LogP contribution in [0.15, 0.2) is 36.4 Å². The first-order valence-electron chi connectivity index (χ1n) is 5.78. The minimum absolute atomic E-state index is 0.00714. The van der Waals surface area contributed by atoms with E-state index in [1.807, 2.05) is 0 Å². The highest BCUT2D eigenvalue weighted by atomic mass is 19.2. The van der Waals surface area contributed by atoms with E-state index < -0.39 is 17.5 Å². The van der Waals surface area contributed by atoms with E-state index in [-0.39, 0.29) is 17.9 Å². The number of hydrogen-bond donors (Lipinski definition) is 3. The van der Waals surface area contributed by atoms with Crippen molar-refractivity contribution in [2.75, 3.05) is 5.73 Å². The highest BCUT2D eigenvalue weighted by molar-refractivity contribution is 5.94. The number of nitrogens with one attached hydrogen (secondary N) is 1. The summed E-state index contributed by atoms with van der Waals surface area (Å²) in [6, 6.07) is 7.31. The molecule has 0 aliphatic carbocycles. The molecule has 104 valence electrons. The number of carbonyl (C=O) groups excluding carboxylic acids is 1. The Morgan fingerprint density at radius 3 is 2.60 bits per heavy atom. The van der Waals surface area contributed by atoms with Crippen LogP contribution in [0.25, 0.3) is 0 Å². The monoisotopic (exact) mass is 278 g/mol. The second-order valence-electron chi connectivity index (χ2n) is 4.20. The lowest BCUT2D eigenvalue weighted by Gasteiger charge is -2.08. The van der Waals surface area contributed by atoms with Gasteiger partial charge in [-0.2, -0.15) is 0 Å². The second kappa shape index (κ2) is 5.56. The molecule has 0 saturated heterocycles. The maximum atomic E-state index is 13.0. The number of anilines is 1. The first-order valence-corrected chi connectivity index (χ1v) is 5.78. The van der Waals surface area contributed by atoms with E-state index in [0.29, 0.717) is 11.3 Å². The second-order valence-corrected chi connectivity index (χ2v) is 4.20. The zero-order valence-electron chi connectivity index (χ0n) is 10.4. The molecule has 0 radical (unpaired) electrons. The third-order valence-corrected chi connectivity index (χ3v) is 2.72. The molecule has 4 N–H and O–H groups in total. The van der Waals surface area contributed by atoms with Crippen molar-refractivity contribution >= 4 is 11.6 Å². The molecule has 0 atom stereocenters. The molecule has 0 unspecified atom stereocenters. The Bertz CT molecular complexity index is 660. The van der Waals surface area contributed by atoms with Gasteiger partial charge < -0.3 is 16.2 Å². The maximum absolute atomic E-state index is 13.0. The van der Waals surface area contributed by atoms with Crippen LogP contribution in [0.3, 0.4) is 0 Å². The molecule has 2 rings (SSSR count). The average molecular weight is 278 g/mol. The Labute approximate surface area is 113 Å². The van der Waals surface area contributed by atoms with Crippen LogP contribution in [0.2, 0.25) is 0 Å². The van der Waals surface area contributed by atoms with Gasteiger partial charge >= 0.3 is 0 Å². The first-order chi connectivity index (χ1) is 9.47. The molecule has 2 aromatic carbocycles. The van der Waals surface area contributed by atoms with Crippen LogP contribution in [-0.2, 0) is 6.54 Å². The van der Waals surface area contributed by atoms with E-state index in [9.17, 15) is 18.7 Å². The molecule has 6 heteroatoms. The van der Waals surface area contributed by atoms with Crippen molar-refractivity contribution in [2.45, 2.75) is 6.54 Å². The Hall–Kier alpha value is -2.63. The molecule has 4 nitrogen and oxygen atoms in total. The number of aromatic hydroxyl groups is 1. The highest BCUT2D eigenvalue weighted by Gasteiger charge is 2.10. The third kappa shape index (κ3) is 3.03. The number of rotatable bonds is 3. The predicted octanol–water partition coefficient (Wildman–Crippen LogP) is 2.18. The predicted molar refractivity (Wildman–Crippen MR) is 70.0 cm³/mol. The van der Waals surface area contributed by atoms with E-state index in [1.165, 1.54) is 24.3 Å². The van der Waals surface area contributed by atoms with Gasteiger partial charge in [0.25, 0.3) is 5.91 Å². The fourth-order valence-corrected chi connectivity index (χ4v) is 1.66. The van der Waals surface area contributed by atoms with Crippen molar-refractivity contribution in [1.82, 2.24) is 5.32 Å². The standard InChI is InChI=1S/C14H12F2N2O2/c15-11-3-1-8(6-12(11)16)14(20)18-7-9-5-10(17)2-4-13(9)19/h1-6,19H,7,17H2,(H,18,20). The summed E-state index contributed by atoms with van der Waals surface area (Å²) in [4.78, 5) is 11.8. The normalized spacial score (nSPS) is 10.3. The molecular weight excluding hydrogens is 266 g/mol. The van der Waals surface area contributed by atoms with Gasteiger partial charge in [0.05, 0.1) is 0 Å². The molecule has 0 heterocycles. The van der Waals surface area contributed by atoms with Gasteiger partial charge in [-0.3, -0.25) is 4.79 Å². The van der Waals surface area contributed by atoms with Crippen LogP contribution in [0.5, 0.6) is 5.75 Å². The molecule has 1 amide bonds. The van der Waals surface area contributed by atoms with Crippen molar-refractivity contribution in [3.63, 3.8) is 0 Å². The Morgan fingerprint density at radius 1 is 1.15 bits per heavy atom. The van der Waals surface area contributed by atoms with Crippen molar-refractivity contribution in [1.29, 1.82) is 0 Å². The fraction of sp³-hybridized carbons (Fsp3) is 0.0714. The van der Waals surface area contributed by atoms with Crippen molar-refractivity contribution in [3.05, 3.63) is 59.2 Å². The molecule has 0 aliphatic rings. The number of amides is 1. The molecule has 2 aromatic rings. The Kier molecular flexibility index (Phi) is 3.84. The minimum Gasteiger partial charge on any atom is -0.508 e. The molecule has 20 heavy (non-hydrogen) atoms. The lowest BCUT2D eigenvalue weighted by atomic mass is 10.1. The van der Waals surface area contributed by atoms with Gasteiger partial charge in [-0.1, -0.05) is 0 Å². The van der Waals surface area contributed by atoms with Crippen LogP contribution < -0.4 is 11.1 Å². The van der Waals surface area contributed by atoms with Crippen LogP contribution >= 0.6 is 0 Å². The Balaban J connectivity index is 2.08. The number of benzene rings is 2. The lowest BCUT2D eigenvalue weighted by molar-refractivity contribution is 0.0950. The largest absolute Gasteiger partial charge is 0.508 e. The molecule has 0 fully saturated rings. The van der Waals surface area contributed by atoms with E-state index in [1.54, 1.807) is 0 Å². The molecule has 0 saturated carbocycles. The number of phenolic OH excluding ortho intramolecular Hbond substituents is 1. The number of hydrogen-bond acceptors (Lipinski definition) is 3. The van der Waals surface area contributed by atoms with Gasteiger partial charge in [0.1, 0.15) is 5.75 Å². The van der Waals surface area contributed by atoms with E-state index in [4.69, 9.17) is 5.73 Å². The minimum atomic E-state index is -1.09. The van der Waals surface area contributed by atoms with Crippen LogP contribution in [0.1, 0.15) is 15.9 Å². The number of nitrogen functional groups attached to an aromatic ring is 1. The van der Waals surface area contributed by atoms with Gasteiger partial charge in [0.2, 0.25) is 0 Å². The molecule has 0 bridgehead atoms. The highest BCUT2D eigenvalue weighted by Crippen LogP contribution is 2.19. The summed E-state index contributed by atoms with van der Waals surface area (Å²) in [5.41, 5.74) is 6.44. The first kappa shape index (κ1) is 13.8. The number of nitrogens with two attached hydrogens (primary N) is 1. The summed E-state index contributed by atoms with van der Waals surface area (Å²) < 4.78 is 25.8. The summed E-state index contributed by atoms with van der Waals surface area (Å²) in [6.07, 6.45) is 0. The Morgan fingerprint density at radius 2 is 1.90 bits per heavy atom. The van der Waals surface area contributed by atoms with Gasteiger partial charge in [-0.05, 0) is 36.4 Å². The van der Waals surface area contributed by atoms with Gasteiger partial charge in [0, 0.05) is 23.4 Å². The third-order valence-electron chi connectivity index (χ3n) is 2.72. The van der Waals surface area contributed by atoms with Crippen LogP contribution in [-0.4, -0.2) is 11.0 Å². The molecule has 0 aromatic heterocycles. The summed E-state index contributed by atoms with van der Waals surface area (Å²) in [5, 5.41) is 12.1. The zero-order chi connectivity index (χ0) is 14.7. The number of carbonyl (C=O) groups is 1. The maximum Gasteiger partial charge on any atom is 0.251 e. The average Bonchev–Trinajstić information content (AvgIpc) is 2.42. The van der Waals surface area contributed by atoms with Crippen LogP contribution in [0.4, 0.5) is 14.5 Å². The van der Waals surface area contributed by atoms with Crippen molar-refractivity contribution in [2.24, 2.45) is 0 Å². The van der Waals surface area contributed by atoms with Gasteiger partial charge in [-0.25, -0.2) is 8.78 Å². The topological polar surface area (TPSA) is 75.3 Å². The molecular formula is C14H12F2N2O2. The summed E-state index contributed by atoms with van der Waals surface area (Å²) in [5.74, 6) is -2.70.